The number of amides is 3. The molecule has 2 atom stereocenters. The van der Waals surface area contributed by atoms with Gasteiger partial charge >= 0.3 is 12.0 Å². The molecule has 152 valence electrons. The number of likely N-dealkylation sites (N-methyl/N-ethyl adjacent to an activating group) is 1. The van der Waals surface area contributed by atoms with E-state index < -0.39 is 23.5 Å². The fourth-order valence-electron chi connectivity index (χ4n) is 4.54. The van der Waals surface area contributed by atoms with Crippen molar-refractivity contribution in [1.82, 2.24) is 14.7 Å². The number of carbonyl (C=O) groups excluding carboxylic acids is 3. The molecule has 3 aliphatic rings. The van der Waals surface area contributed by atoms with Gasteiger partial charge in [-0.2, -0.15) is 0 Å². The Bertz CT molecular complexity index is 584. The van der Waals surface area contributed by atoms with Crippen LogP contribution in [0.25, 0.3) is 0 Å². The van der Waals surface area contributed by atoms with E-state index in [1.54, 1.807) is 28.7 Å². The van der Waals surface area contributed by atoms with Gasteiger partial charge in [-0.3, -0.25) is 9.59 Å². The molecule has 9 heteroatoms. The number of esters is 1. The predicted octanol–water partition coefficient (Wildman–Crippen LogP) is -0.0605. The Labute approximate surface area is 159 Å². The summed E-state index contributed by atoms with van der Waals surface area (Å²) in [6.45, 7) is 5.27. The second-order valence-corrected chi connectivity index (χ2v) is 7.26. The summed E-state index contributed by atoms with van der Waals surface area (Å²) in [5, 5.41) is 0. The van der Waals surface area contributed by atoms with Gasteiger partial charge in [0.1, 0.15) is 5.92 Å². The first-order valence-corrected chi connectivity index (χ1v) is 9.55. The molecular formula is C18H29N3O6. The molecular weight excluding hydrogens is 354 g/mol. The first kappa shape index (κ1) is 19.9. The Morgan fingerprint density at radius 1 is 1.15 bits per heavy atom. The third-order valence-electron chi connectivity index (χ3n) is 6.10. The van der Waals surface area contributed by atoms with Crippen LogP contribution in [0.1, 0.15) is 19.8 Å². The number of nitrogens with zero attached hydrogens (tertiary/aromatic N) is 3. The molecule has 0 bridgehead atoms. The SMILES string of the molecule is CCOC(=O)[C@@H]1[C@@H](OC)C(=O)N(C)C12CCN(C(=O)N1CCOCC1)CC2. The topological polar surface area (TPSA) is 88.6 Å². The monoisotopic (exact) mass is 383 g/mol. The molecule has 0 N–H and O–H groups in total. The molecule has 27 heavy (non-hydrogen) atoms. The average Bonchev–Trinajstić information content (AvgIpc) is 2.90. The summed E-state index contributed by atoms with van der Waals surface area (Å²) in [7, 11) is 3.16. The molecule has 0 aromatic rings. The highest BCUT2D eigenvalue weighted by Crippen LogP contribution is 2.44. The number of hydrogen-bond acceptors (Lipinski definition) is 6. The van der Waals surface area contributed by atoms with E-state index in [2.05, 4.69) is 0 Å². The number of ether oxygens (including phenoxy) is 3. The van der Waals surface area contributed by atoms with Crippen LogP contribution in [0.3, 0.4) is 0 Å². The van der Waals surface area contributed by atoms with Gasteiger partial charge in [-0.1, -0.05) is 0 Å². The van der Waals surface area contributed by atoms with Gasteiger partial charge in [-0.25, -0.2) is 4.79 Å². The highest BCUT2D eigenvalue weighted by molar-refractivity contribution is 5.93. The van der Waals surface area contributed by atoms with Crippen LogP contribution in [0, 0.1) is 5.92 Å². The summed E-state index contributed by atoms with van der Waals surface area (Å²) >= 11 is 0. The average molecular weight is 383 g/mol. The van der Waals surface area contributed by atoms with Crippen molar-refractivity contribution in [3.05, 3.63) is 0 Å². The largest absolute Gasteiger partial charge is 0.466 e. The van der Waals surface area contributed by atoms with Crippen molar-refractivity contribution in [1.29, 1.82) is 0 Å². The molecule has 3 aliphatic heterocycles. The van der Waals surface area contributed by atoms with Gasteiger partial charge in [0.05, 0.1) is 25.4 Å². The maximum absolute atomic E-state index is 12.7. The Morgan fingerprint density at radius 2 is 1.74 bits per heavy atom. The summed E-state index contributed by atoms with van der Waals surface area (Å²) in [6.07, 6.45) is 0.208. The summed E-state index contributed by atoms with van der Waals surface area (Å²) < 4.78 is 15.9. The fourth-order valence-corrected chi connectivity index (χ4v) is 4.54. The zero-order chi connectivity index (χ0) is 19.6. The van der Waals surface area contributed by atoms with Gasteiger partial charge in [0.2, 0.25) is 0 Å². The van der Waals surface area contributed by atoms with Gasteiger partial charge in [-0.05, 0) is 19.8 Å². The number of methoxy groups -OCH3 is 1. The number of urea groups is 1. The van der Waals surface area contributed by atoms with Gasteiger partial charge in [0, 0.05) is 40.3 Å². The number of morpholine rings is 1. The Hall–Kier alpha value is -1.87. The normalized spacial score (nSPS) is 28.0. The van der Waals surface area contributed by atoms with Crippen molar-refractivity contribution >= 4 is 17.9 Å². The van der Waals surface area contributed by atoms with Crippen LogP contribution in [0.5, 0.6) is 0 Å². The molecule has 3 fully saturated rings. The lowest BCUT2D eigenvalue weighted by Crippen LogP contribution is -2.59. The Kier molecular flexibility index (Phi) is 5.90. The molecule has 0 aromatic heterocycles. The number of rotatable bonds is 3. The van der Waals surface area contributed by atoms with Crippen LogP contribution >= 0.6 is 0 Å². The summed E-state index contributed by atoms with van der Waals surface area (Å²) in [4.78, 5) is 43.3. The zero-order valence-electron chi connectivity index (χ0n) is 16.3. The van der Waals surface area contributed by atoms with E-state index in [4.69, 9.17) is 14.2 Å². The number of piperidine rings is 1. The van der Waals surface area contributed by atoms with Crippen LogP contribution < -0.4 is 0 Å². The predicted molar refractivity (Wildman–Crippen MR) is 95.0 cm³/mol. The van der Waals surface area contributed by atoms with Crippen LogP contribution in [-0.4, -0.2) is 104 Å². The molecule has 3 amide bonds. The zero-order valence-corrected chi connectivity index (χ0v) is 16.3. The van der Waals surface area contributed by atoms with Crippen molar-refractivity contribution in [3.8, 4) is 0 Å². The molecule has 0 aromatic carbocycles. The van der Waals surface area contributed by atoms with Crippen LogP contribution in [0.2, 0.25) is 0 Å². The highest BCUT2D eigenvalue weighted by Gasteiger charge is 2.62. The van der Waals surface area contributed by atoms with E-state index in [9.17, 15) is 14.4 Å². The molecule has 3 saturated heterocycles. The Balaban J connectivity index is 1.75. The van der Waals surface area contributed by atoms with E-state index in [1.807, 2.05) is 0 Å². The molecule has 3 rings (SSSR count). The third-order valence-corrected chi connectivity index (χ3v) is 6.10. The number of likely N-dealkylation sites (tertiary alicyclic amines) is 2. The van der Waals surface area contributed by atoms with Crippen LogP contribution in [-0.2, 0) is 23.8 Å². The van der Waals surface area contributed by atoms with Crippen LogP contribution in [0.15, 0.2) is 0 Å². The summed E-state index contributed by atoms with van der Waals surface area (Å²) in [5.41, 5.74) is -0.675. The molecule has 0 radical (unpaired) electrons. The van der Waals surface area contributed by atoms with E-state index >= 15 is 0 Å². The minimum Gasteiger partial charge on any atom is -0.466 e. The number of carbonyl (C=O) groups is 3. The fraction of sp³-hybridized carbons (Fsp3) is 0.833. The lowest BCUT2D eigenvalue weighted by Gasteiger charge is -2.46. The second-order valence-electron chi connectivity index (χ2n) is 7.26. The van der Waals surface area contributed by atoms with E-state index in [-0.39, 0.29) is 18.5 Å². The number of hydrogen-bond donors (Lipinski definition) is 0. The third kappa shape index (κ3) is 3.38. The van der Waals surface area contributed by atoms with Gasteiger partial charge in [0.15, 0.2) is 6.10 Å². The standard InChI is InChI=1S/C18H29N3O6/c1-4-27-16(23)13-14(25-3)15(22)19(2)18(13)5-7-20(8-6-18)17(24)21-9-11-26-12-10-21/h13-14H,4-12H2,1-3H3/t13-,14+/m0/s1. The van der Waals surface area contributed by atoms with Crippen molar-refractivity contribution in [3.63, 3.8) is 0 Å². The van der Waals surface area contributed by atoms with Crippen LogP contribution in [0.4, 0.5) is 4.79 Å². The summed E-state index contributed by atoms with van der Waals surface area (Å²) in [6, 6.07) is -0.00361. The minimum atomic E-state index is -0.837. The first-order chi connectivity index (χ1) is 13.0. The minimum absolute atomic E-state index is 0.00361. The lowest BCUT2D eigenvalue weighted by atomic mass is 9.76. The maximum atomic E-state index is 12.7. The van der Waals surface area contributed by atoms with Crippen molar-refractivity contribution in [2.24, 2.45) is 5.92 Å². The smallest absolute Gasteiger partial charge is 0.320 e. The van der Waals surface area contributed by atoms with Gasteiger partial charge < -0.3 is 28.9 Å². The molecule has 0 unspecified atom stereocenters. The maximum Gasteiger partial charge on any atom is 0.320 e. The highest BCUT2D eigenvalue weighted by atomic mass is 16.5. The summed E-state index contributed by atoms with van der Waals surface area (Å²) in [5.74, 6) is -1.29. The quantitative estimate of drug-likeness (QED) is 0.635. The molecule has 0 aliphatic carbocycles. The molecule has 1 spiro atoms. The molecule has 3 heterocycles. The lowest BCUT2D eigenvalue weighted by molar-refractivity contribution is -0.157. The Morgan fingerprint density at radius 3 is 2.30 bits per heavy atom. The molecule has 0 saturated carbocycles. The van der Waals surface area contributed by atoms with Gasteiger partial charge in [0.25, 0.3) is 5.91 Å². The van der Waals surface area contributed by atoms with Gasteiger partial charge in [-0.15, -0.1) is 0 Å². The van der Waals surface area contributed by atoms with E-state index in [1.165, 1.54) is 7.11 Å². The van der Waals surface area contributed by atoms with Crippen molar-refractivity contribution in [2.45, 2.75) is 31.4 Å². The van der Waals surface area contributed by atoms with E-state index in [0.717, 1.165) is 0 Å². The van der Waals surface area contributed by atoms with Crippen molar-refractivity contribution in [2.75, 3.05) is 60.2 Å². The second kappa shape index (κ2) is 8.02. The molecule has 9 nitrogen and oxygen atoms in total. The van der Waals surface area contributed by atoms with Crippen molar-refractivity contribution < 1.29 is 28.6 Å². The first-order valence-electron chi connectivity index (χ1n) is 9.55. The van der Waals surface area contributed by atoms with E-state index in [0.29, 0.717) is 52.2 Å².